The molecule has 6 nitrogen and oxygen atoms in total. The number of nitrogens with zero attached hydrogens (tertiary/aromatic N) is 1. The molecule has 0 aliphatic carbocycles. The van der Waals surface area contributed by atoms with Gasteiger partial charge in [0, 0.05) is 12.1 Å². The van der Waals surface area contributed by atoms with E-state index in [1.165, 1.54) is 7.11 Å². The SMILES string of the molecule is C.C.CCCCOOC=N[C@@H](Cc1ccc(N)cc1)C(=O)OC. The van der Waals surface area contributed by atoms with E-state index >= 15 is 0 Å². The van der Waals surface area contributed by atoms with E-state index in [1.54, 1.807) is 12.1 Å². The molecule has 0 amide bonds. The summed E-state index contributed by atoms with van der Waals surface area (Å²) in [5.41, 5.74) is 7.23. The largest absolute Gasteiger partial charge is 0.467 e. The molecule has 6 heteroatoms. The van der Waals surface area contributed by atoms with Gasteiger partial charge in [0.2, 0.25) is 6.40 Å². The van der Waals surface area contributed by atoms with Crippen LogP contribution in [0.15, 0.2) is 29.3 Å². The molecule has 0 aliphatic rings. The summed E-state index contributed by atoms with van der Waals surface area (Å²) < 4.78 is 4.73. The van der Waals surface area contributed by atoms with Crippen molar-refractivity contribution >= 4 is 18.1 Å². The molecule has 1 aromatic rings. The van der Waals surface area contributed by atoms with Gasteiger partial charge in [-0.3, -0.25) is 0 Å². The second kappa shape index (κ2) is 13.6. The fourth-order valence-electron chi connectivity index (χ4n) is 1.59. The molecule has 23 heavy (non-hydrogen) atoms. The van der Waals surface area contributed by atoms with E-state index in [4.69, 9.17) is 20.2 Å². The molecule has 132 valence electrons. The lowest BCUT2D eigenvalue weighted by Crippen LogP contribution is -2.23. The molecule has 0 radical (unpaired) electrons. The monoisotopic (exact) mass is 326 g/mol. The number of aliphatic imine (C=N–C) groups is 1. The lowest BCUT2D eigenvalue weighted by atomic mass is 10.1. The summed E-state index contributed by atoms with van der Waals surface area (Å²) >= 11 is 0. The number of hydrogen-bond donors (Lipinski definition) is 1. The maximum atomic E-state index is 11.7. The van der Waals surface area contributed by atoms with Crippen LogP contribution >= 0.6 is 0 Å². The van der Waals surface area contributed by atoms with Gasteiger partial charge in [-0.25, -0.2) is 9.79 Å². The van der Waals surface area contributed by atoms with Gasteiger partial charge in [0.05, 0.1) is 13.7 Å². The molecule has 0 heterocycles. The standard InChI is InChI=1S/C15H22N2O4.2CH4/c1-3-4-9-20-21-11-17-14(15(18)19-2)10-12-5-7-13(16)8-6-12;;/h5-8,11,14H,3-4,9-10,16H2,1-2H3;2*1H4/t14-;;/m0../s1. The minimum Gasteiger partial charge on any atom is -0.467 e. The van der Waals surface area contributed by atoms with Gasteiger partial charge >= 0.3 is 5.97 Å². The van der Waals surface area contributed by atoms with Crippen LogP contribution in [0, 0.1) is 0 Å². The quantitative estimate of drug-likeness (QED) is 0.143. The third kappa shape index (κ3) is 9.52. The third-order valence-electron chi connectivity index (χ3n) is 2.82. The summed E-state index contributed by atoms with van der Waals surface area (Å²) in [5.74, 6) is -0.430. The molecule has 0 aliphatic heterocycles. The van der Waals surface area contributed by atoms with E-state index in [0.29, 0.717) is 18.7 Å². The van der Waals surface area contributed by atoms with Crippen LogP contribution in [0.3, 0.4) is 0 Å². The zero-order valence-corrected chi connectivity index (χ0v) is 12.5. The van der Waals surface area contributed by atoms with Gasteiger partial charge in [0.1, 0.15) is 0 Å². The van der Waals surface area contributed by atoms with Crippen molar-refractivity contribution in [2.75, 3.05) is 19.5 Å². The highest BCUT2D eigenvalue weighted by molar-refractivity contribution is 5.77. The van der Waals surface area contributed by atoms with E-state index in [2.05, 4.69) is 11.9 Å². The van der Waals surface area contributed by atoms with Crippen molar-refractivity contribution in [3.63, 3.8) is 0 Å². The lowest BCUT2D eigenvalue weighted by Gasteiger charge is -2.10. The van der Waals surface area contributed by atoms with Crippen LogP contribution in [0.4, 0.5) is 5.69 Å². The molecule has 0 saturated heterocycles. The number of esters is 1. The molecule has 1 rings (SSSR count). The third-order valence-corrected chi connectivity index (χ3v) is 2.82. The summed E-state index contributed by atoms with van der Waals surface area (Å²) in [6.45, 7) is 2.54. The van der Waals surface area contributed by atoms with Crippen LogP contribution in [0.25, 0.3) is 0 Å². The number of rotatable bonds is 9. The minimum atomic E-state index is -0.673. The molecule has 0 fully saturated rings. The van der Waals surface area contributed by atoms with Crippen LogP contribution in [0.2, 0.25) is 0 Å². The number of methoxy groups -OCH3 is 1. The van der Waals surface area contributed by atoms with Crippen LogP contribution < -0.4 is 5.73 Å². The molecular weight excluding hydrogens is 296 g/mol. The summed E-state index contributed by atoms with van der Waals surface area (Å²) in [6, 6.07) is 6.57. The Balaban J connectivity index is 0. The van der Waals surface area contributed by atoms with Gasteiger partial charge in [-0.2, -0.15) is 4.89 Å². The number of anilines is 1. The summed E-state index contributed by atoms with van der Waals surface area (Å²) in [4.78, 5) is 25.4. The van der Waals surface area contributed by atoms with Crippen molar-refractivity contribution < 1.29 is 19.3 Å². The topological polar surface area (TPSA) is 83.1 Å². The molecule has 1 aromatic carbocycles. The molecule has 0 unspecified atom stereocenters. The smallest absolute Gasteiger partial charge is 0.331 e. The van der Waals surface area contributed by atoms with Crippen molar-refractivity contribution in [1.82, 2.24) is 0 Å². The van der Waals surface area contributed by atoms with Crippen LogP contribution in [-0.2, 0) is 25.7 Å². The van der Waals surface area contributed by atoms with E-state index in [9.17, 15) is 4.79 Å². The normalized spacial score (nSPS) is 11.2. The predicted octanol–water partition coefficient (Wildman–Crippen LogP) is 3.40. The number of carbonyl (C=O) groups is 1. The molecule has 0 aromatic heterocycles. The van der Waals surface area contributed by atoms with Crippen LogP contribution in [0.5, 0.6) is 0 Å². The molecular formula is C17H30N2O4. The van der Waals surface area contributed by atoms with Gasteiger partial charge in [-0.1, -0.05) is 40.3 Å². The predicted molar refractivity (Wildman–Crippen MR) is 94.3 cm³/mol. The number of carbonyl (C=O) groups excluding carboxylic acids is 1. The second-order valence-electron chi connectivity index (χ2n) is 4.51. The first-order valence-electron chi connectivity index (χ1n) is 6.89. The second-order valence-corrected chi connectivity index (χ2v) is 4.51. The maximum Gasteiger partial charge on any atom is 0.331 e. The van der Waals surface area contributed by atoms with Crippen molar-refractivity contribution in [2.45, 2.75) is 47.1 Å². The van der Waals surface area contributed by atoms with Crippen molar-refractivity contribution in [1.29, 1.82) is 0 Å². The van der Waals surface area contributed by atoms with Gasteiger partial charge in [-0.15, -0.1) is 0 Å². The highest BCUT2D eigenvalue weighted by atomic mass is 17.2. The van der Waals surface area contributed by atoms with Gasteiger partial charge < -0.3 is 15.4 Å². The number of unbranched alkanes of at least 4 members (excludes halogenated alkanes) is 1. The molecule has 1 atom stereocenters. The molecule has 0 saturated carbocycles. The Morgan fingerprint density at radius 2 is 1.96 bits per heavy atom. The Bertz CT molecular complexity index is 446. The van der Waals surface area contributed by atoms with Gasteiger partial charge in [0.25, 0.3) is 0 Å². The Hall–Kier alpha value is -2.08. The Morgan fingerprint density at radius 3 is 2.52 bits per heavy atom. The number of benzene rings is 1. The van der Waals surface area contributed by atoms with E-state index in [1.807, 2.05) is 12.1 Å². The van der Waals surface area contributed by atoms with Crippen LogP contribution in [-0.4, -0.2) is 32.1 Å². The first-order chi connectivity index (χ1) is 10.2. The Morgan fingerprint density at radius 1 is 1.30 bits per heavy atom. The summed E-state index contributed by atoms with van der Waals surface area (Å²) in [7, 11) is 1.33. The average molecular weight is 326 g/mol. The van der Waals surface area contributed by atoms with Crippen molar-refractivity contribution in [2.24, 2.45) is 4.99 Å². The van der Waals surface area contributed by atoms with Gasteiger partial charge in [0.15, 0.2) is 6.04 Å². The lowest BCUT2D eigenvalue weighted by molar-refractivity contribution is -0.217. The maximum absolute atomic E-state index is 11.7. The Labute approximate surface area is 139 Å². The number of nitrogens with two attached hydrogens (primary N) is 1. The zero-order valence-electron chi connectivity index (χ0n) is 12.5. The Kier molecular flexibility index (Phi) is 13.7. The summed E-state index contributed by atoms with van der Waals surface area (Å²) in [6.07, 6.45) is 3.46. The molecule has 2 N–H and O–H groups in total. The zero-order chi connectivity index (χ0) is 15.5. The first-order valence-corrected chi connectivity index (χ1v) is 6.89. The van der Waals surface area contributed by atoms with Gasteiger partial charge in [-0.05, 0) is 24.1 Å². The number of ether oxygens (including phenoxy) is 1. The van der Waals surface area contributed by atoms with E-state index < -0.39 is 12.0 Å². The highest BCUT2D eigenvalue weighted by Crippen LogP contribution is 2.10. The first kappa shape index (κ1) is 23.2. The van der Waals surface area contributed by atoms with E-state index in [0.717, 1.165) is 24.8 Å². The number of hydrogen-bond acceptors (Lipinski definition) is 6. The minimum absolute atomic E-state index is 0. The molecule has 0 bridgehead atoms. The fourth-order valence-corrected chi connectivity index (χ4v) is 1.59. The number of nitrogen functional groups attached to an aromatic ring is 1. The molecule has 0 spiro atoms. The van der Waals surface area contributed by atoms with E-state index in [-0.39, 0.29) is 14.9 Å². The van der Waals surface area contributed by atoms with Crippen molar-refractivity contribution in [3.05, 3.63) is 29.8 Å². The highest BCUT2D eigenvalue weighted by Gasteiger charge is 2.18. The fraction of sp³-hybridized carbons (Fsp3) is 0.529. The van der Waals surface area contributed by atoms with Crippen molar-refractivity contribution in [3.8, 4) is 0 Å². The average Bonchev–Trinajstić information content (AvgIpc) is 2.50. The summed E-state index contributed by atoms with van der Waals surface area (Å²) in [5, 5.41) is 0. The van der Waals surface area contributed by atoms with Crippen LogP contribution in [0.1, 0.15) is 40.2 Å².